The smallest absolute Gasteiger partial charge is 0.272 e. The lowest BCUT2D eigenvalue weighted by atomic mass is 9.93. The number of hydrogen-bond donors (Lipinski definition) is 1. The molecule has 1 aromatic carbocycles. The van der Waals surface area contributed by atoms with Crippen LogP contribution in [-0.4, -0.2) is 63.4 Å². The van der Waals surface area contributed by atoms with Crippen LogP contribution in [0.2, 0.25) is 0 Å². The molecule has 0 unspecified atom stereocenters. The second-order valence-corrected chi connectivity index (χ2v) is 8.44. The van der Waals surface area contributed by atoms with Crippen molar-refractivity contribution >= 4 is 5.91 Å². The van der Waals surface area contributed by atoms with Crippen LogP contribution in [0.15, 0.2) is 36.5 Å². The number of carbonyl (C=O) groups excluding carboxylic acids is 1. The maximum atomic E-state index is 13.5. The zero-order valence-electron chi connectivity index (χ0n) is 18.5. The van der Waals surface area contributed by atoms with Gasteiger partial charge in [-0.3, -0.25) is 14.4 Å². The van der Waals surface area contributed by atoms with Crippen LogP contribution in [0, 0.1) is 6.92 Å². The van der Waals surface area contributed by atoms with E-state index in [1.165, 1.54) is 0 Å². The van der Waals surface area contributed by atoms with Gasteiger partial charge in [-0.15, -0.1) is 0 Å². The van der Waals surface area contributed by atoms with Gasteiger partial charge in [-0.2, -0.15) is 5.10 Å². The number of fused-ring (bicyclic) bond motifs is 3. The molecule has 3 aromatic rings. The SMILES string of the molecule is Cc1ncc2c(n1)-c1c(c(C(=O)N[C@H](CN3CCOCC3)c3ccccc3)nn1C)CC2. The summed E-state index contributed by atoms with van der Waals surface area (Å²) in [6.45, 7) is 5.81. The normalized spacial score (nSPS) is 16.8. The van der Waals surface area contributed by atoms with Gasteiger partial charge in [0, 0.05) is 38.4 Å². The minimum absolute atomic E-state index is 0.125. The van der Waals surface area contributed by atoms with E-state index in [4.69, 9.17) is 4.74 Å². The van der Waals surface area contributed by atoms with E-state index in [1.807, 2.05) is 38.4 Å². The van der Waals surface area contributed by atoms with Crippen molar-refractivity contribution in [1.29, 1.82) is 0 Å². The molecule has 2 aliphatic rings. The van der Waals surface area contributed by atoms with E-state index in [2.05, 4.69) is 37.4 Å². The van der Waals surface area contributed by atoms with Gasteiger partial charge in [-0.05, 0) is 30.9 Å². The first kappa shape index (κ1) is 20.8. The van der Waals surface area contributed by atoms with Crippen LogP contribution in [0.4, 0.5) is 0 Å². The van der Waals surface area contributed by atoms with Gasteiger partial charge < -0.3 is 10.1 Å². The van der Waals surface area contributed by atoms with Crippen LogP contribution in [0.5, 0.6) is 0 Å². The molecule has 0 spiro atoms. The number of amides is 1. The number of morpholine rings is 1. The van der Waals surface area contributed by atoms with Crippen molar-refractivity contribution < 1.29 is 9.53 Å². The first-order valence-corrected chi connectivity index (χ1v) is 11.1. The molecule has 0 saturated carbocycles. The van der Waals surface area contributed by atoms with Crippen LogP contribution >= 0.6 is 0 Å². The molecular weight excluding hydrogens is 404 g/mol. The van der Waals surface area contributed by atoms with Crippen LogP contribution in [-0.2, 0) is 24.6 Å². The Morgan fingerprint density at radius 2 is 1.97 bits per heavy atom. The molecule has 1 aliphatic carbocycles. The molecule has 1 atom stereocenters. The molecule has 0 radical (unpaired) electrons. The Kier molecular flexibility index (Phi) is 5.71. The molecule has 32 heavy (non-hydrogen) atoms. The van der Waals surface area contributed by atoms with E-state index in [0.29, 0.717) is 5.69 Å². The third kappa shape index (κ3) is 4.03. The standard InChI is InChI=1S/C24H28N6O2/c1-16-25-14-18-8-9-19-22(28-29(2)23(19)21(18)26-16)24(31)27-20(17-6-4-3-5-7-17)15-30-10-12-32-13-11-30/h3-7,14,20H,8-13,15H2,1-2H3,(H,27,31)/t20-/m1/s1. The predicted molar refractivity (Wildman–Crippen MR) is 120 cm³/mol. The number of benzene rings is 1. The minimum Gasteiger partial charge on any atom is -0.379 e. The number of hydrogen-bond acceptors (Lipinski definition) is 6. The fourth-order valence-corrected chi connectivity index (χ4v) is 4.61. The average Bonchev–Trinajstić information content (AvgIpc) is 3.17. The third-order valence-corrected chi connectivity index (χ3v) is 6.27. The predicted octanol–water partition coefficient (Wildman–Crippen LogP) is 2.09. The molecule has 166 valence electrons. The first-order valence-electron chi connectivity index (χ1n) is 11.1. The number of rotatable bonds is 5. The van der Waals surface area contributed by atoms with Crippen LogP contribution in [0.3, 0.4) is 0 Å². The van der Waals surface area contributed by atoms with E-state index in [0.717, 1.165) is 79.6 Å². The Labute approximate surface area is 187 Å². The van der Waals surface area contributed by atoms with Crippen molar-refractivity contribution in [1.82, 2.24) is 30.0 Å². The lowest BCUT2D eigenvalue weighted by Gasteiger charge is -2.31. The molecule has 2 aromatic heterocycles. The number of ether oxygens (including phenoxy) is 1. The van der Waals surface area contributed by atoms with Gasteiger partial charge in [-0.25, -0.2) is 9.97 Å². The van der Waals surface area contributed by atoms with Crippen LogP contribution < -0.4 is 5.32 Å². The largest absolute Gasteiger partial charge is 0.379 e. The Balaban J connectivity index is 1.44. The van der Waals surface area contributed by atoms with Crippen molar-refractivity contribution in [3.63, 3.8) is 0 Å². The van der Waals surface area contributed by atoms with Crippen molar-refractivity contribution in [2.45, 2.75) is 25.8 Å². The summed E-state index contributed by atoms with van der Waals surface area (Å²) < 4.78 is 7.27. The second-order valence-electron chi connectivity index (χ2n) is 8.44. The lowest BCUT2D eigenvalue weighted by Crippen LogP contribution is -2.43. The fraction of sp³-hybridized carbons (Fsp3) is 0.417. The number of aromatic nitrogens is 4. The summed E-state index contributed by atoms with van der Waals surface area (Å²) in [5.74, 6) is 0.580. The highest BCUT2D eigenvalue weighted by atomic mass is 16.5. The molecule has 5 rings (SSSR count). The fourth-order valence-electron chi connectivity index (χ4n) is 4.61. The number of nitrogens with zero attached hydrogens (tertiary/aromatic N) is 5. The first-order chi connectivity index (χ1) is 15.6. The molecule has 8 nitrogen and oxygen atoms in total. The van der Waals surface area contributed by atoms with Crippen molar-refractivity contribution in [2.24, 2.45) is 7.05 Å². The van der Waals surface area contributed by atoms with Gasteiger partial charge >= 0.3 is 0 Å². The van der Waals surface area contributed by atoms with Crippen molar-refractivity contribution in [3.8, 4) is 11.4 Å². The minimum atomic E-state index is -0.141. The molecule has 1 fully saturated rings. The van der Waals surface area contributed by atoms with Gasteiger partial charge in [-0.1, -0.05) is 30.3 Å². The number of nitrogens with one attached hydrogen (secondary N) is 1. The molecule has 1 N–H and O–H groups in total. The summed E-state index contributed by atoms with van der Waals surface area (Å²) in [4.78, 5) is 24.8. The van der Waals surface area contributed by atoms with E-state index in [9.17, 15) is 4.79 Å². The maximum absolute atomic E-state index is 13.5. The molecule has 0 bridgehead atoms. The summed E-state index contributed by atoms with van der Waals surface area (Å²) >= 11 is 0. The summed E-state index contributed by atoms with van der Waals surface area (Å²) in [6, 6.07) is 10.0. The Hall–Kier alpha value is -3.10. The average molecular weight is 433 g/mol. The molecule has 1 saturated heterocycles. The molecular formula is C24H28N6O2. The van der Waals surface area contributed by atoms with Crippen LogP contribution in [0.25, 0.3) is 11.4 Å². The molecule has 1 amide bonds. The Morgan fingerprint density at radius 1 is 1.19 bits per heavy atom. The zero-order valence-corrected chi connectivity index (χ0v) is 18.5. The highest BCUT2D eigenvalue weighted by Crippen LogP contribution is 2.33. The van der Waals surface area contributed by atoms with Gasteiger partial charge in [0.05, 0.1) is 30.6 Å². The van der Waals surface area contributed by atoms with Gasteiger partial charge in [0.2, 0.25) is 0 Å². The van der Waals surface area contributed by atoms with Crippen molar-refractivity contribution in [2.75, 3.05) is 32.8 Å². The van der Waals surface area contributed by atoms with Crippen molar-refractivity contribution in [3.05, 3.63) is 64.7 Å². The molecule has 1 aliphatic heterocycles. The summed E-state index contributed by atoms with van der Waals surface area (Å²) in [7, 11) is 1.88. The summed E-state index contributed by atoms with van der Waals surface area (Å²) in [5, 5.41) is 7.89. The third-order valence-electron chi connectivity index (χ3n) is 6.27. The molecule has 3 heterocycles. The number of carbonyl (C=O) groups is 1. The van der Waals surface area contributed by atoms with E-state index >= 15 is 0 Å². The lowest BCUT2D eigenvalue weighted by molar-refractivity contribution is 0.0332. The zero-order chi connectivity index (χ0) is 22.1. The second kappa shape index (κ2) is 8.80. The topological polar surface area (TPSA) is 85.2 Å². The quantitative estimate of drug-likeness (QED) is 0.665. The maximum Gasteiger partial charge on any atom is 0.272 e. The highest BCUT2D eigenvalue weighted by Gasteiger charge is 2.30. The van der Waals surface area contributed by atoms with Crippen LogP contribution in [0.1, 0.15) is 39.0 Å². The van der Waals surface area contributed by atoms with E-state index < -0.39 is 0 Å². The Bertz CT molecular complexity index is 1120. The Morgan fingerprint density at radius 3 is 2.75 bits per heavy atom. The van der Waals surface area contributed by atoms with E-state index in [1.54, 1.807) is 4.68 Å². The summed E-state index contributed by atoms with van der Waals surface area (Å²) in [6.07, 6.45) is 3.45. The van der Waals surface area contributed by atoms with E-state index in [-0.39, 0.29) is 11.9 Å². The van der Waals surface area contributed by atoms with Gasteiger partial charge in [0.25, 0.3) is 5.91 Å². The highest BCUT2D eigenvalue weighted by molar-refractivity contribution is 5.96. The van der Waals surface area contributed by atoms with Gasteiger partial charge in [0.1, 0.15) is 5.82 Å². The monoisotopic (exact) mass is 432 g/mol. The number of aryl methyl sites for hydroxylation is 3. The molecule has 8 heteroatoms. The summed E-state index contributed by atoms with van der Waals surface area (Å²) in [5.41, 5.74) is 5.46. The van der Waals surface area contributed by atoms with Gasteiger partial charge in [0.15, 0.2) is 5.69 Å².